The molecule has 2 aromatic rings. The second-order valence-corrected chi connectivity index (χ2v) is 5.80. The van der Waals surface area contributed by atoms with Crippen molar-refractivity contribution in [2.75, 3.05) is 7.11 Å². The molecule has 0 amide bonds. The maximum Gasteiger partial charge on any atom is 0.0648 e. The van der Waals surface area contributed by atoms with Crippen LogP contribution in [0, 0.1) is 13.8 Å². The molecule has 0 bridgehead atoms. The quantitative estimate of drug-likeness (QED) is 0.918. The molecule has 0 atom stereocenters. The molecule has 1 heterocycles. The molecule has 3 rings (SSSR count). The van der Waals surface area contributed by atoms with Crippen LogP contribution in [0.25, 0.3) is 5.69 Å². The molecular weight excluding hydrogens is 262 g/mol. The molecule has 1 aliphatic carbocycles. The predicted molar refractivity (Wildman–Crippen MR) is 83.7 cm³/mol. The number of hydrogen-bond acceptors (Lipinski definition) is 3. The van der Waals surface area contributed by atoms with Gasteiger partial charge in [-0.25, -0.2) is 4.68 Å². The summed E-state index contributed by atoms with van der Waals surface area (Å²) in [7, 11) is 1.79. The van der Waals surface area contributed by atoms with E-state index in [9.17, 15) is 0 Å². The van der Waals surface area contributed by atoms with Crippen molar-refractivity contribution in [2.45, 2.75) is 45.4 Å². The van der Waals surface area contributed by atoms with Crippen LogP contribution in [0.4, 0.5) is 0 Å². The number of aromatic nitrogens is 2. The first-order valence-electron chi connectivity index (χ1n) is 7.55. The lowest BCUT2D eigenvalue weighted by molar-refractivity contribution is 0.0170. The summed E-state index contributed by atoms with van der Waals surface area (Å²) >= 11 is 0. The first-order chi connectivity index (χ1) is 10.2. The summed E-state index contributed by atoms with van der Waals surface area (Å²) in [4.78, 5) is 0. The Balaban J connectivity index is 1.70. The molecule has 1 aromatic carbocycles. The van der Waals surface area contributed by atoms with E-state index in [2.05, 4.69) is 36.4 Å². The maximum absolute atomic E-state index is 5.32. The Morgan fingerprint density at radius 2 is 1.95 bits per heavy atom. The minimum absolute atomic E-state index is 0.441. The number of benzene rings is 1. The number of aryl methyl sites for hydroxylation is 1. The average molecular weight is 285 g/mol. The van der Waals surface area contributed by atoms with E-state index >= 15 is 0 Å². The van der Waals surface area contributed by atoms with Crippen LogP contribution >= 0.6 is 0 Å². The monoisotopic (exact) mass is 285 g/mol. The normalized spacial score (nSPS) is 21.3. The number of ether oxygens (including phenoxy) is 1. The van der Waals surface area contributed by atoms with Gasteiger partial charge in [0.05, 0.1) is 17.5 Å². The van der Waals surface area contributed by atoms with Crippen molar-refractivity contribution in [3.63, 3.8) is 0 Å². The van der Waals surface area contributed by atoms with E-state index in [1.807, 2.05) is 22.9 Å². The maximum atomic E-state index is 5.32. The van der Waals surface area contributed by atoms with Gasteiger partial charge in [0.2, 0.25) is 0 Å². The van der Waals surface area contributed by atoms with Crippen LogP contribution in [0.5, 0.6) is 0 Å². The molecule has 1 N–H and O–H groups in total. The van der Waals surface area contributed by atoms with Crippen molar-refractivity contribution >= 4 is 0 Å². The molecule has 0 saturated heterocycles. The van der Waals surface area contributed by atoms with Crippen LogP contribution in [0.15, 0.2) is 30.3 Å². The molecule has 1 fully saturated rings. The van der Waals surface area contributed by atoms with Gasteiger partial charge in [-0.1, -0.05) is 18.2 Å². The Morgan fingerprint density at radius 3 is 2.62 bits per heavy atom. The van der Waals surface area contributed by atoms with Gasteiger partial charge in [-0.05, 0) is 38.8 Å². The lowest BCUT2D eigenvalue weighted by Crippen LogP contribution is -2.44. The first-order valence-corrected chi connectivity index (χ1v) is 7.55. The summed E-state index contributed by atoms with van der Waals surface area (Å²) in [6, 6.07) is 10.9. The molecule has 0 radical (unpaired) electrons. The van der Waals surface area contributed by atoms with Gasteiger partial charge in [0, 0.05) is 31.0 Å². The fourth-order valence-corrected chi connectivity index (χ4v) is 2.92. The SMILES string of the molecule is COC1CC(NCc2c(C)nn(-c3ccccc3)c2C)C1. The van der Waals surface area contributed by atoms with Gasteiger partial charge in [0.15, 0.2) is 0 Å². The first kappa shape index (κ1) is 14.3. The molecule has 21 heavy (non-hydrogen) atoms. The van der Waals surface area contributed by atoms with Crippen molar-refractivity contribution in [1.82, 2.24) is 15.1 Å². The molecule has 1 aliphatic rings. The molecule has 0 spiro atoms. The second-order valence-electron chi connectivity index (χ2n) is 5.80. The summed E-state index contributed by atoms with van der Waals surface area (Å²) < 4.78 is 7.35. The molecular formula is C17H23N3O. The number of methoxy groups -OCH3 is 1. The lowest BCUT2D eigenvalue weighted by Gasteiger charge is -2.34. The Kier molecular flexibility index (Phi) is 4.08. The van der Waals surface area contributed by atoms with E-state index in [1.54, 1.807) is 7.11 Å². The van der Waals surface area contributed by atoms with Crippen LogP contribution in [-0.4, -0.2) is 29.0 Å². The highest BCUT2D eigenvalue weighted by molar-refractivity contribution is 5.36. The number of nitrogens with zero attached hydrogens (tertiary/aromatic N) is 2. The van der Waals surface area contributed by atoms with E-state index in [1.165, 1.54) is 11.3 Å². The highest BCUT2D eigenvalue weighted by Crippen LogP contribution is 2.24. The Hall–Kier alpha value is -1.65. The summed E-state index contributed by atoms with van der Waals surface area (Å²) in [5.41, 5.74) is 4.74. The molecule has 0 aliphatic heterocycles. The largest absolute Gasteiger partial charge is 0.381 e. The highest BCUT2D eigenvalue weighted by atomic mass is 16.5. The van der Waals surface area contributed by atoms with Gasteiger partial charge in [-0.3, -0.25) is 0 Å². The topological polar surface area (TPSA) is 39.1 Å². The van der Waals surface area contributed by atoms with Crippen molar-refractivity contribution in [3.05, 3.63) is 47.3 Å². The minimum Gasteiger partial charge on any atom is -0.381 e. The van der Waals surface area contributed by atoms with Crippen molar-refractivity contribution < 1.29 is 4.74 Å². The van der Waals surface area contributed by atoms with Crippen LogP contribution in [-0.2, 0) is 11.3 Å². The number of rotatable bonds is 5. The summed E-state index contributed by atoms with van der Waals surface area (Å²) in [5.74, 6) is 0. The zero-order valence-electron chi connectivity index (χ0n) is 13.0. The molecule has 1 saturated carbocycles. The third-order valence-corrected chi connectivity index (χ3v) is 4.44. The fourth-order valence-electron chi connectivity index (χ4n) is 2.92. The van der Waals surface area contributed by atoms with E-state index < -0.39 is 0 Å². The standard InChI is InChI=1S/C17H23N3O/c1-12-17(11-18-14-9-16(10-14)21-3)13(2)20(19-12)15-7-5-4-6-8-15/h4-8,14,16,18H,9-11H2,1-3H3. The highest BCUT2D eigenvalue weighted by Gasteiger charge is 2.28. The van der Waals surface area contributed by atoms with Gasteiger partial charge in [0.25, 0.3) is 0 Å². The minimum atomic E-state index is 0.441. The van der Waals surface area contributed by atoms with E-state index in [0.717, 1.165) is 30.8 Å². The van der Waals surface area contributed by atoms with Crippen molar-refractivity contribution in [1.29, 1.82) is 0 Å². The van der Waals surface area contributed by atoms with Crippen LogP contribution in [0.2, 0.25) is 0 Å². The molecule has 112 valence electrons. The number of nitrogens with one attached hydrogen (secondary N) is 1. The van der Waals surface area contributed by atoms with Gasteiger partial charge in [-0.2, -0.15) is 5.10 Å². The number of para-hydroxylation sites is 1. The molecule has 4 heteroatoms. The zero-order chi connectivity index (χ0) is 14.8. The van der Waals surface area contributed by atoms with E-state index in [-0.39, 0.29) is 0 Å². The predicted octanol–water partition coefficient (Wildman–Crippen LogP) is 2.76. The summed E-state index contributed by atoms with van der Waals surface area (Å²) in [6.07, 6.45) is 2.67. The lowest BCUT2D eigenvalue weighted by atomic mass is 9.89. The summed E-state index contributed by atoms with van der Waals surface area (Å²) in [5, 5.41) is 8.30. The Labute approximate surface area is 126 Å². The van der Waals surface area contributed by atoms with E-state index in [0.29, 0.717) is 12.1 Å². The Morgan fingerprint density at radius 1 is 1.24 bits per heavy atom. The van der Waals surface area contributed by atoms with Crippen LogP contribution in [0.1, 0.15) is 29.8 Å². The summed E-state index contributed by atoms with van der Waals surface area (Å²) in [6.45, 7) is 5.11. The average Bonchev–Trinajstić information content (AvgIpc) is 2.74. The molecule has 4 nitrogen and oxygen atoms in total. The molecule has 0 unspecified atom stereocenters. The van der Waals surface area contributed by atoms with Gasteiger partial charge < -0.3 is 10.1 Å². The smallest absolute Gasteiger partial charge is 0.0648 e. The third kappa shape index (κ3) is 2.87. The van der Waals surface area contributed by atoms with Crippen LogP contribution < -0.4 is 5.32 Å². The zero-order valence-corrected chi connectivity index (χ0v) is 13.0. The van der Waals surface area contributed by atoms with Gasteiger partial charge >= 0.3 is 0 Å². The fraction of sp³-hybridized carbons (Fsp3) is 0.471. The Bertz CT molecular complexity index is 600. The molecule has 1 aromatic heterocycles. The van der Waals surface area contributed by atoms with E-state index in [4.69, 9.17) is 4.74 Å². The van der Waals surface area contributed by atoms with Gasteiger partial charge in [-0.15, -0.1) is 0 Å². The van der Waals surface area contributed by atoms with Crippen molar-refractivity contribution in [3.8, 4) is 5.69 Å². The second kappa shape index (κ2) is 6.00. The number of hydrogen-bond donors (Lipinski definition) is 1. The third-order valence-electron chi connectivity index (χ3n) is 4.44. The van der Waals surface area contributed by atoms with Crippen molar-refractivity contribution in [2.24, 2.45) is 0 Å². The van der Waals surface area contributed by atoms with Crippen LogP contribution in [0.3, 0.4) is 0 Å². The van der Waals surface area contributed by atoms with Gasteiger partial charge in [0.1, 0.15) is 0 Å².